The van der Waals surface area contributed by atoms with Crippen LogP contribution in [-0.4, -0.2) is 74.9 Å². The molecule has 0 N–H and O–H groups in total. The van der Waals surface area contributed by atoms with Crippen molar-refractivity contribution in [2.45, 2.75) is 52.2 Å². The van der Waals surface area contributed by atoms with Gasteiger partial charge >= 0.3 is 0 Å². The molecule has 30 heavy (non-hydrogen) atoms. The molecular formula is C22H34N6O2. The van der Waals surface area contributed by atoms with Crippen molar-refractivity contribution in [2.24, 2.45) is 5.41 Å². The predicted octanol–water partition coefficient (Wildman–Crippen LogP) is 2.14. The lowest BCUT2D eigenvalue weighted by Crippen LogP contribution is -2.40. The number of nitrogens with zero attached hydrogens (tertiary/aromatic N) is 6. The smallest absolute Gasteiger partial charge is 0.230 e. The van der Waals surface area contributed by atoms with Gasteiger partial charge in [-0.25, -0.2) is 4.98 Å². The standard InChI is InChI=1S/C22H34N6O2/c1-5-28-12-18(10-24-28)11-25-13-19(20-14-27(16-23-20)17(2)3)22(15-25)6-7-26(21(22)29)8-9-30-4/h10,12,14,16-17,19H,5-9,11,13,15H2,1-4H3/t19-,22-/m0/s1. The van der Waals surface area contributed by atoms with Crippen molar-refractivity contribution in [3.05, 3.63) is 36.2 Å². The largest absolute Gasteiger partial charge is 0.383 e. The number of likely N-dealkylation sites (tertiary alicyclic amines) is 2. The van der Waals surface area contributed by atoms with Gasteiger partial charge in [0, 0.05) is 76.3 Å². The molecule has 2 aromatic rings. The van der Waals surface area contributed by atoms with Crippen LogP contribution < -0.4 is 0 Å². The molecule has 164 valence electrons. The lowest BCUT2D eigenvalue weighted by atomic mass is 9.75. The topological polar surface area (TPSA) is 68.4 Å². The van der Waals surface area contributed by atoms with Crippen LogP contribution in [0.4, 0.5) is 0 Å². The van der Waals surface area contributed by atoms with Crippen LogP contribution in [0.3, 0.4) is 0 Å². The fraction of sp³-hybridized carbons (Fsp3) is 0.682. The van der Waals surface area contributed by atoms with Crippen molar-refractivity contribution >= 4 is 5.91 Å². The Morgan fingerprint density at radius 1 is 1.33 bits per heavy atom. The number of carbonyl (C=O) groups is 1. The Morgan fingerprint density at radius 3 is 2.83 bits per heavy atom. The van der Waals surface area contributed by atoms with Crippen molar-refractivity contribution in [3.8, 4) is 0 Å². The molecule has 1 spiro atoms. The zero-order valence-electron chi connectivity index (χ0n) is 18.6. The highest BCUT2D eigenvalue weighted by Crippen LogP contribution is 2.49. The summed E-state index contributed by atoms with van der Waals surface area (Å²) in [5.74, 6) is 0.370. The molecule has 0 unspecified atom stereocenters. The van der Waals surface area contributed by atoms with E-state index in [0.717, 1.165) is 44.8 Å². The van der Waals surface area contributed by atoms with Crippen molar-refractivity contribution in [3.63, 3.8) is 0 Å². The van der Waals surface area contributed by atoms with Crippen molar-refractivity contribution < 1.29 is 9.53 Å². The number of imidazole rings is 1. The molecule has 8 heteroatoms. The van der Waals surface area contributed by atoms with Gasteiger partial charge in [-0.3, -0.25) is 14.4 Å². The minimum absolute atomic E-state index is 0.110. The predicted molar refractivity (Wildman–Crippen MR) is 114 cm³/mol. The van der Waals surface area contributed by atoms with Crippen LogP contribution >= 0.6 is 0 Å². The maximum atomic E-state index is 13.6. The van der Waals surface area contributed by atoms with Gasteiger partial charge < -0.3 is 14.2 Å². The Balaban J connectivity index is 1.60. The summed E-state index contributed by atoms with van der Waals surface area (Å²) < 4.78 is 9.32. The summed E-state index contributed by atoms with van der Waals surface area (Å²) >= 11 is 0. The van der Waals surface area contributed by atoms with Crippen LogP contribution in [0, 0.1) is 5.41 Å². The summed E-state index contributed by atoms with van der Waals surface area (Å²) in [5.41, 5.74) is 1.84. The molecule has 4 heterocycles. The zero-order chi connectivity index (χ0) is 21.3. The molecule has 2 aromatic heterocycles. The highest BCUT2D eigenvalue weighted by atomic mass is 16.5. The number of methoxy groups -OCH3 is 1. The number of amides is 1. The van der Waals surface area contributed by atoms with Crippen molar-refractivity contribution in [2.75, 3.05) is 39.9 Å². The SMILES string of the molecule is CCn1cc(CN2C[C@@H](c3cn(C(C)C)cn3)[C@]3(CCN(CCOC)C3=O)C2)cn1. The first-order chi connectivity index (χ1) is 14.5. The monoisotopic (exact) mass is 414 g/mol. The number of rotatable bonds is 8. The normalized spacial score (nSPS) is 24.8. The third kappa shape index (κ3) is 3.78. The molecule has 2 atom stereocenters. The second kappa shape index (κ2) is 8.51. The van der Waals surface area contributed by atoms with Gasteiger partial charge in [0.1, 0.15) is 0 Å². The van der Waals surface area contributed by atoms with Crippen LogP contribution in [0.25, 0.3) is 0 Å². The van der Waals surface area contributed by atoms with Crippen molar-refractivity contribution in [1.29, 1.82) is 0 Å². The Bertz CT molecular complexity index is 875. The highest BCUT2D eigenvalue weighted by molar-refractivity contribution is 5.86. The summed E-state index contributed by atoms with van der Waals surface area (Å²) in [4.78, 5) is 22.7. The second-order valence-electron chi connectivity index (χ2n) is 8.96. The Labute approximate surface area is 178 Å². The lowest BCUT2D eigenvalue weighted by molar-refractivity contribution is -0.136. The molecule has 2 aliphatic heterocycles. The van der Waals surface area contributed by atoms with Gasteiger partial charge in [0.15, 0.2) is 0 Å². The first-order valence-electron chi connectivity index (χ1n) is 11.0. The number of carbonyl (C=O) groups excluding carboxylic acids is 1. The highest BCUT2D eigenvalue weighted by Gasteiger charge is 2.57. The first-order valence-corrected chi connectivity index (χ1v) is 11.0. The minimum atomic E-state index is -0.398. The van der Waals surface area contributed by atoms with E-state index < -0.39 is 5.41 Å². The van der Waals surface area contributed by atoms with E-state index >= 15 is 0 Å². The number of ether oxygens (including phenoxy) is 1. The number of hydrogen-bond acceptors (Lipinski definition) is 5. The van der Waals surface area contributed by atoms with Gasteiger partial charge in [0.25, 0.3) is 0 Å². The Hall–Kier alpha value is -2.19. The van der Waals surface area contributed by atoms with Gasteiger partial charge in [-0.1, -0.05) is 0 Å². The number of hydrogen-bond donors (Lipinski definition) is 0. The molecule has 0 saturated carbocycles. The van der Waals surface area contributed by atoms with E-state index in [1.54, 1.807) is 7.11 Å². The van der Waals surface area contributed by atoms with Crippen LogP contribution in [0.1, 0.15) is 50.4 Å². The molecule has 0 radical (unpaired) electrons. The average Bonchev–Trinajstić information content (AvgIpc) is 3.50. The second-order valence-corrected chi connectivity index (χ2v) is 8.96. The number of aryl methyl sites for hydroxylation is 1. The molecule has 8 nitrogen and oxygen atoms in total. The first kappa shape index (κ1) is 21.1. The van der Waals surface area contributed by atoms with Crippen molar-refractivity contribution in [1.82, 2.24) is 29.1 Å². The zero-order valence-corrected chi connectivity index (χ0v) is 18.6. The maximum absolute atomic E-state index is 13.6. The van der Waals surface area contributed by atoms with E-state index in [4.69, 9.17) is 9.72 Å². The Kier molecular flexibility index (Phi) is 5.97. The molecule has 0 aromatic carbocycles. The quantitative estimate of drug-likeness (QED) is 0.662. The molecular weight excluding hydrogens is 380 g/mol. The Morgan fingerprint density at radius 2 is 2.17 bits per heavy atom. The van der Waals surface area contributed by atoms with E-state index in [1.165, 1.54) is 5.56 Å². The van der Waals surface area contributed by atoms with E-state index in [-0.39, 0.29) is 11.8 Å². The molecule has 2 aliphatic rings. The fourth-order valence-electron chi connectivity index (χ4n) is 4.98. The summed E-state index contributed by atoms with van der Waals surface area (Å²) in [6.45, 7) is 11.7. The number of aromatic nitrogens is 4. The molecule has 2 saturated heterocycles. The van der Waals surface area contributed by atoms with Crippen LogP contribution in [0.15, 0.2) is 24.9 Å². The van der Waals surface area contributed by atoms with Crippen LogP contribution in [-0.2, 0) is 22.6 Å². The average molecular weight is 415 g/mol. The van der Waals surface area contributed by atoms with Gasteiger partial charge in [0.2, 0.25) is 5.91 Å². The molecule has 1 amide bonds. The lowest BCUT2D eigenvalue weighted by Gasteiger charge is -2.28. The fourth-order valence-corrected chi connectivity index (χ4v) is 4.98. The third-order valence-corrected chi connectivity index (χ3v) is 6.71. The summed E-state index contributed by atoms with van der Waals surface area (Å²) in [6.07, 6.45) is 8.97. The van der Waals surface area contributed by atoms with Gasteiger partial charge in [-0.15, -0.1) is 0 Å². The van der Waals surface area contributed by atoms with E-state index in [2.05, 4.69) is 47.7 Å². The summed E-state index contributed by atoms with van der Waals surface area (Å²) in [7, 11) is 1.69. The molecule has 4 rings (SSSR count). The molecule has 0 bridgehead atoms. The third-order valence-electron chi connectivity index (χ3n) is 6.71. The van der Waals surface area contributed by atoms with Gasteiger partial charge in [-0.2, -0.15) is 5.10 Å². The van der Waals surface area contributed by atoms with E-state index in [0.29, 0.717) is 19.2 Å². The summed E-state index contributed by atoms with van der Waals surface area (Å²) in [6, 6.07) is 0.358. The van der Waals surface area contributed by atoms with Gasteiger partial charge in [0.05, 0.1) is 30.2 Å². The van der Waals surface area contributed by atoms with Gasteiger partial charge in [-0.05, 0) is 27.2 Å². The van der Waals surface area contributed by atoms with E-state index in [1.807, 2.05) is 22.1 Å². The van der Waals surface area contributed by atoms with Crippen LogP contribution in [0.2, 0.25) is 0 Å². The molecule has 0 aliphatic carbocycles. The summed E-state index contributed by atoms with van der Waals surface area (Å²) in [5, 5.41) is 4.41. The molecule has 2 fully saturated rings. The minimum Gasteiger partial charge on any atom is -0.383 e. The van der Waals surface area contributed by atoms with E-state index in [9.17, 15) is 4.79 Å². The van der Waals surface area contributed by atoms with Crippen LogP contribution in [0.5, 0.6) is 0 Å². The maximum Gasteiger partial charge on any atom is 0.230 e.